The van der Waals surface area contributed by atoms with Crippen molar-refractivity contribution in [1.29, 1.82) is 0 Å². The number of aromatic nitrogens is 2. The normalized spacial score (nSPS) is 12.7. The Hall–Kier alpha value is -2.13. The minimum Gasteiger partial charge on any atom is -0.346 e. The van der Waals surface area contributed by atoms with Gasteiger partial charge in [0.1, 0.15) is 5.65 Å². The van der Waals surface area contributed by atoms with Crippen LogP contribution in [0.4, 0.5) is 0 Å². The van der Waals surface area contributed by atoms with Crippen LogP contribution in [0.2, 0.25) is 0 Å². The van der Waals surface area contributed by atoms with E-state index in [1.165, 1.54) is 22.1 Å². The Bertz CT molecular complexity index is 715. The minimum atomic E-state index is 0.331. The summed E-state index contributed by atoms with van der Waals surface area (Å²) in [6.45, 7) is 5.19. The Kier molecular flexibility index (Phi) is 3.52. The highest BCUT2D eigenvalue weighted by atomic mass is 14.9. The molecule has 20 heavy (non-hydrogen) atoms. The van der Waals surface area contributed by atoms with Gasteiger partial charge in [-0.05, 0) is 42.7 Å². The maximum Gasteiger partial charge on any atom is 0.137 e. The molecule has 3 rings (SSSR count). The number of hydrogen-bond acceptors (Lipinski definition) is 2. The van der Waals surface area contributed by atoms with Crippen molar-refractivity contribution in [2.45, 2.75) is 26.4 Å². The van der Waals surface area contributed by atoms with Gasteiger partial charge in [-0.1, -0.05) is 24.3 Å². The van der Waals surface area contributed by atoms with E-state index in [0.29, 0.717) is 6.04 Å². The van der Waals surface area contributed by atoms with Crippen molar-refractivity contribution < 1.29 is 0 Å². The Morgan fingerprint density at radius 2 is 2.05 bits per heavy atom. The standard InChI is InChI=1S/C17H19N3/c1-12-6-3-4-7-15(12)13(2)19-10-14-11-20-17-16(14)8-5-9-18-17/h3-9,11,13,19H,10H2,1-2H3,(H,18,20)/t13-/m1/s1. The van der Waals surface area contributed by atoms with Gasteiger partial charge in [0.05, 0.1) is 0 Å². The lowest BCUT2D eigenvalue weighted by Gasteiger charge is -2.16. The molecule has 0 radical (unpaired) electrons. The van der Waals surface area contributed by atoms with E-state index >= 15 is 0 Å². The second-order valence-electron chi connectivity index (χ2n) is 5.17. The SMILES string of the molecule is Cc1ccccc1[C@@H](C)NCc1c[nH]c2ncccc12. The summed E-state index contributed by atoms with van der Waals surface area (Å²) in [7, 11) is 0. The lowest BCUT2D eigenvalue weighted by atomic mass is 10.0. The third kappa shape index (κ3) is 2.45. The van der Waals surface area contributed by atoms with Gasteiger partial charge in [0, 0.05) is 30.4 Å². The lowest BCUT2D eigenvalue weighted by molar-refractivity contribution is 0.574. The fourth-order valence-corrected chi connectivity index (χ4v) is 2.60. The van der Waals surface area contributed by atoms with Crippen LogP contribution in [0.25, 0.3) is 11.0 Å². The van der Waals surface area contributed by atoms with Crippen LogP contribution < -0.4 is 5.32 Å². The number of aromatic amines is 1. The molecule has 0 amide bonds. The van der Waals surface area contributed by atoms with Gasteiger partial charge < -0.3 is 10.3 Å². The van der Waals surface area contributed by atoms with E-state index in [4.69, 9.17) is 0 Å². The molecule has 102 valence electrons. The van der Waals surface area contributed by atoms with E-state index < -0.39 is 0 Å². The molecule has 1 atom stereocenters. The van der Waals surface area contributed by atoms with E-state index in [9.17, 15) is 0 Å². The zero-order valence-corrected chi connectivity index (χ0v) is 11.9. The number of nitrogens with zero attached hydrogens (tertiary/aromatic N) is 1. The highest BCUT2D eigenvalue weighted by Crippen LogP contribution is 2.19. The number of pyridine rings is 1. The predicted molar refractivity (Wildman–Crippen MR) is 82.5 cm³/mol. The fraction of sp³-hybridized carbons (Fsp3) is 0.235. The molecule has 0 saturated heterocycles. The van der Waals surface area contributed by atoms with E-state index in [1.807, 2.05) is 18.5 Å². The molecule has 3 heteroatoms. The number of H-pyrrole nitrogens is 1. The summed E-state index contributed by atoms with van der Waals surface area (Å²) in [6.07, 6.45) is 3.85. The fourth-order valence-electron chi connectivity index (χ4n) is 2.60. The zero-order chi connectivity index (χ0) is 13.9. The molecule has 0 saturated carbocycles. The monoisotopic (exact) mass is 265 g/mol. The van der Waals surface area contributed by atoms with Crippen molar-refractivity contribution in [2.75, 3.05) is 0 Å². The quantitative estimate of drug-likeness (QED) is 0.754. The first-order valence-corrected chi connectivity index (χ1v) is 6.95. The van der Waals surface area contributed by atoms with Crippen molar-refractivity contribution in [1.82, 2.24) is 15.3 Å². The molecule has 3 aromatic rings. The molecule has 0 bridgehead atoms. The number of fused-ring (bicyclic) bond motifs is 1. The third-order valence-corrected chi connectivity index (χ3v) is 3.79. The number of aryl methyl sites for hydroxylation is 1. The smallest absolute Gasteiger partial charge is 0.137 e. The molecule has 2 heterocycles. The van der Waals surface area contributed by atoms with Gasteiger partial charge in [-0.25, -0.2) is 4.98 Å². The summed E-state index contributed by atoms with van der Waals surface area (Å²) >= 11 is 0. The molecule has 0 fully saturated rings. The summed E-state index contributed by atoms with van der Waals surface area (Å²) in [5.41, 5.74) is 4.89. The first-order chi connectivity index (χ1) is 9.75. The Balaban J connectivity index is 1.75. The van der Waals surface area contributed by atoms with E-state index in [2.05, 4.69) is 59.5 Å². The molecule has 3 nitrogen and oxygen atoms in total. The number of hydrogen-bond donors (Lipinski definition) is 2. The van der Waals surface area contributed by atoms with E-state index in [-0.39, 0.29) is 0 Å². The molecule has 2 aromatic heterocycles. The Morgan fingerprint density at radius 3 is 2.90 bits per heavy atom. The van der Waals surface area contributed by atoms with Gasteiger partial charge in [-0.2, -0.15) is 0 Å². The average Bonchev–Trinajstić information content (AvgIpc) is 2.88. The summed E-state index contributed by atoms with van der Waals surface area (Å²) in [4.78, 5) is 7.53. The van der Waals surface area contributed by atoms with Crippen molar-refractivity contribution in [3.63, 3.8) is 0 Å². The molecule has 0 unspecified atom stereocenters. The first-order valence-electron chi connectivity index (χ1n) is 6.95. The lowest BCUT2D eigenvalue weighted by Crippen LogP contribution is -2.18. The van der Waals surface area contributed by atoms with E-state index in [1.54, 1.807) is 0 Å². The van der Waals surface area contributed by atoms with Crippen LogP contribution in [0.15, 0.2) is 48.8 Å². The van der Waals surface area contributed by atoms with Crippen LogP contribution in [0.5, 0.6) is 0 Å². The van der Waals surface area contributed by atoms with Crippen molar-refractivity contribution >= 4 is 11.0 Å². The van der Waals surface area contributed by atoms with Crippen molar-refractivity contribution in [3.05, 3.63) is 65.5 Å². The minimum absolute atomic E-state index is 0.331. The maximum atomic E-state index is 4.32. The van der Waals surface area contributed by atoms with Crippen LogP contribution in [-0.4, -0.2) is 9.97 Å². The van der Waals surface area contributed by atoms with Crippen LogP contribution in [-0.2, 0) is 6.54 Å². The summed E-state index contributed by atoms with van der Waals surface area (Å²) < 4.78 is 0. The first kappa shape index (κ1) is 12.9. The maximum absolute atomic E-state index is 4.32. The summed E-state index contributed by atoms with van der Waals surface area (Å²) in [5, 5.41) is 4.78. The molecule has 1 aromatic carbocycles. The molecule has 0 aliphatic rings. The largest absolute Gasteiger partial charge is 0.346 e. The van der Waals surface area contributed by atoms with Crippen LogP contribution >= 0.6 is 0 Å². The summed E-state index contributed by atoms with van der Waals surface area (Å²) in [6, 6.07) is 12.9. The van der Waals surface area contributed by atoms with Gasteiger partial charge in [-0.3, -0.25) is 0 Å². The molecule has 0 spiro atoms. The molecular formula is C17H19N3. The Labute approximate surface area is 119 Å². The average molecular weight is 265 g/mol. The van der Waals surface area contributed by atoms with Crippen LogP contribution in [0.1, 0.15) is 29.7 Å². The second-order valence-corrected chi connectivity index (χ2v) is 5.17. The van der Waals surface area contributed by atoms with Gasteiger partial charge in [-0.15, -0.1) is 0 Å². The number of nitrogens with one attached hydrogen (secondary N) is 2. The molecular weight excluding hydrogens is 246 g/mol. The summed E-state index contributed by atoms with van der Waals surface area (Å²) in [5.74, 6) is 0. The number of benzene rings is 1. The second kappa shape index (κ2) is 5.47. The van der Waals surface area contributed by atoms with E-state index in [0.717, 1.165) is 12.2 Å². The highest BCUT2D eigenvalue weighted by Gasteiger charge is 2.09. The Morgan fingerprint density at radius 1 is 1.20 bits per heavy atom. The molecule has 2 N–H and O–H groups in total. The predicted octanol–water partition coefficient (Wildman–Crippen LogP) is 3.72. The topological polar surface area (TPSA) is 40.7 Å². The third-order valence-electron chi connectivity index (χ3n) is 3.79. The molecule has 0 aliphatic heterocycles. The number of rotatable bonds is 4. The highest BCUT2D eigenvalue weighted by molar-refractivity contribution is 5.79. The molecule has 0 aliphatic carbocycles. The zero-order valence-electron chi connectivity index (χ0n) is 11.9. The van der Waals surface area contributed by atoms with Crippen molar-refractivity contribution in [3.8, 4) is 0 Å². The van der Waals surface area contributed by atoms with Crippen LogP contribution in [0.3, 0.4) is 0 Å². The van der Waals surface area contributed by atoms with Crippen molar-refractivity contribution in [2.24, 2.45) is 0 Å². The van der Waals surface area contributed by atoms with Gasteiger partial charge >= 0.3 is 0 Å². The van der Waals surface area contributed by atoms with Gasteiger partial charge in [0.15, 0.2) is 0 Å². The van der Waals surface area contributed by atoms with Crippen LogP contribution in [0, 0.1) is 6.92 Å². The van der Waals surface area contributed by atoms with Gasteiger partial charge in [0.25, 0.3) is 0 Å². The van der Waals surface area contributed by atoms with Gasteiger partial charge in [0.2, 0.25) is 0 Å².